The number of halogens is 1. The Balaban J connectivity index is 1.20. The lowest BCUT2D eigenvalue weighted by molar-refractivity contribution is -0.103. The van der Waals surface area contributed by atoms with Gasteiger partial charge in [-0.2, -0.15) is 0 Å². The van der Waals surface area contributed by atoms with Crippen molar-refractivity contribution in [1.29, 1.82) is 0 Å². The number of fused-ring (bicyclic) bond motifs is 6. The zero-order chi connectivity index (χ0) is 31.5. The number of hydrogen-bond acceptors (Lipinski definition) is 1. The molecular weight excluding hydrogens is 549 g/mol. The van der Waals surface area contributed by atoms with Crippen molar-refractivity contribution in [3.63, 3.8) is 0 Å². The van der Waals surface area contributed by atoms with Gasteiger partial charge in [0.15, 0.2) is 0 Å². The molecule has 1 aromatic heterocycles. The maximum atomic E-state index is 14.1. The molecule has 0 aliphatic heterocycles. The largest absolute Gasteiger partial charge is 0.253 e. The molecule has 0 spiro atoms. The maximum Gasteiger partial charge on any atom is 0.123 e. The molecule has 3 aromatic rings. The van der Waals surface area contributed by atoms with Gasteiger partial charge in [-0.15, -0.1) is 0 Å². The molecule has 1 heterocycles. The van der Waals surface area contributed by atoms with Gasteiger partial charge in [0.25, 0.3) is 0 Å². The van der Waals surface area contributed by atoms with E-state index in [-0.39, 0.29) is 5.82 Å². The Morgan fingerprint density at radius 3 is 2.27 bits per heavy atom. The summed E-state index contributed by atoms with van der Waals surface area (Å²) in [5.41, 5.74) is 9.45. The second-order valence-corrected chi connectivity index (χ2v) is 16.9. The third kappa shape index (κ3) is 5.51. The molecule has 3 fully saturated rings. The van der Waals surface area contributed by atoms with Gasteiger partial charge in [-0.05, 0) is 145 Å². The van der Waals surface area contributed by atoms with E-state index in [2.05, 4.69) is 71.9 Å². The molecule has 0 bridgehead atoms. The highest BCUT2D eigenvalue weighted by molar-refractivity contribution is 5.75. The minimum absolute atomic E-state index is 0.169. The van der Waals surface area contributed by atoms with Crippen LogP contribution in [0.1, 0.15) is 109 Å². The topological polar surface area (TPSA) is 12.9 Å². The average Bonchev–Trinajstić information content (AvgIpc) is 3.37. The fourth-order valence-corrected chi connectivity index (χ4v) is 11.5. The first kappa shape index (κ1) is 31.1. The fourth-order valence-electron chi connectivity index (χ4n) is 11.5. The maximum absolute atomic E-state index is 14.1. The van der Waals surface area contributed by atoms with Gasteiger partial charge in [-0.3, -0.25) is 4.98 Å². The molecule has 3 unspecified atom stereocenters. The Bertz CT molecular complexity index is 1500. The van der Waals surface area contributed by atoms with Crippen molar-refractivity contribution in [1.82, 2.24) is 4.98 Å². The van der Waals surface area contributed by atoms with E-state index < -0.39 is 0 Å². The molecule has 0 saturated heterocycles. The highest BCUT2D eigenvalue weighted by Crippen LogP contribution is 2.68. The molecule has 3 saturated carbocycles. The van der Waals surface area contributed by atoms with Gasteiger partial charge in [-0.25, -0.2) is 4.39 Å². The molecule has 4 aliphatic rings. The lowest BCUT2D eigenvalue weighted by Gasteiger charge is -2.61. The first-order valence-corrected chi connectivity index (χ1v) is 18.4. The van der Waals surface area contributed by atoms with Crippen LogP contribution in [-0.4, -0.2) is 4.98 Å². The van der Waals surface area contributed by atoms with Crippen LogP contribution in [0.15, 0.2) is 54.6 Å². The van der Waals surface area contributed by atoms with E-state index in [4.69, 9.17) is 4.98 Å². The Hall–Kier alpha value is -2.48. The number of benzene rings is 2. The van der Waals surface area contributed by atoms with Crippen LogP contribution in [0.5, 0.6) is 0 Å². The quantitative estimate of drug-likeness (QED) is 0.261. The number of rotatable bonds is 7. The van der Waals surface area contributed by atoms with Crippen LogP contribution in [0, 0.1) is 65.0 Å². The minimum atomic E-state index is -0.169. The van der Waals surface area contributed by atoms with Crippen molar-refractivity contribution in [2.75, 3.05) is 0 Å². The summed E-state index contributed by atoms with van der Waals surface area (Å²) in [5, 5.41) is 0. The van der Waals surface area contributed by atoms with E-state index in [9.17, 15) is 4.39 Å². The zero-order valence-electron chi connectivity index (χ0n) is 28.8. The Morgan fingerprint density at radius 2 is 1.53 bits per heavy atom. The summed E-state index contributed by atoms with van der Waals surface area (Å²) in [6, 6.07) is 18.3. The van der Waals surface area contributed by atoms with Crippen LogP contribution < -0.4 is 0 Å². The Labute approximate surface area is 272 Å². The first-order chi connectivity index (χ1) is 21.6. The molecule has 0 N–H and O–H groups in total. The van der Waals surface area contributed by atoms with Gasteiger partial charge in [0.1, 0.15) is 5.82 Å². The SMILES string of the molecule is Cc1ccc(-c2cc(-c3ccc(F)cc3)c3c(n2)C[C@@H]2CCC4C5CC[C@H]([C@@H](C)CCCC(C)C)[C@@]5(C)CCC4[C@@]2(C)C3)cc1. The summed E-state index contributed by atoms with van der Waals surface area (Å²) in [7, 11) is 0. The zero-order valence-corrected chi connectivity index (χ0v) is 28.8. The van der Waals surface area contributed by atoms with Crippen molar-refractivity contribution in [2.24, 2.45) is 52.3 Å². The number of aryl methyl sites for hydroxylation is 1. The summed E-state index contributed by atoms with van der Waals surface area (Å²) in [5.74, 6) is 5.68. The molecule has 4 aliphatic carbocycles. The standard InChI is InChI=1S/C43H56FN/c1-27(2)8-7-9-29(4)37-20-21-38-34-19-16-32-24-41-36(26-43(32,6)39(34)22-23-42(37,38)5)35(30-14-17-33(44)18-15-30)25-40(45-41)31-12-10-28(3)11-13-31/h10-15,17-18,25,27,29,32,34,37-39H,7-9,16,19-24,26H2,1-6H3/t29-,32-,34?,37+,38?,39?,42+,43-/m0/s1. The molecule has 0 radical (unpaired) electrons. The van der Waals surface area contributed by atoms with Crippen LogP contribution in [-0.2, 0) is 12.8 Å². The van der Waals surface area contributed by atoms with Crippen LogP contribution >= 0.6 is 0 Å². The highest BCUT2D eigenvalue weighted by atomic mass is 19.1. The van der Waals surface area contributed by atoms with Crippen LogP contribution in [0.2, 0.25) is 0 Å². The van der Waals surface area contributed by atoms with E-state index in [0.29, 0.717) is 16.7 Å². The molecule has 7 rings (SSSR count). The molecule has 240 valence electrons. The van der Waals surface area contributed by atoms with Crippen molar-refractivity contribution < 1.29 is 4.39 Å². The van der Waals surface area contributed by atoms with Gasteiger partial charge in [0.2, 0.25) is 0 Å². The lowest BCUT2D eigenvalue weighted by Crippen LogP contribution is -2.54. The van der Waals surface area contributed by atoms with Crippen molar-refractivity contribution in [3.8, 4) is 22.4 Å². The fraction of sp³-hybridized carbons (Fsp3) is 0.605. The third-order valence-electron chi connectivity index (χ3n) is 14.0. The minimum Gasteiger partial charge on any atom is -0.253 e. The number of aromatic nitrogens is 1. The molecule has 2 heteroatoms. The average molecular weight is 606 g/mol. The van der Waals surface area contributed by atoms with Gasteiger partial charge in [0.05, 0.1) is 5.69 Å². The summed E-state index contributed by atoms with van der Waals surface area (Å²) < 4.78 is 14.1. The Morgan fingerprint density at radius 1 is 0.822 bits per heavy atom. The van der Waals surface area contributed by atoms with Gasteiger partial charge in [0, 0.05) is 11.3 Å². The first-order valence-electron chi connectivity index (χ1n) is 18.4. The van der Waals surface area contributed by atoms with Crippen molar-refractivity contribution in [2.45, 2.75) is 112 Å². The van der Waals surface area contributed by atoms with E-state index in [1.807, 2.05) is 12.1 Å². The van der Waals surface area contributed by atoms with Crippen LogP contribution in [0.4, 0.5) is 4.39 Å². The van der Waals surface area contributed by atoms with E-state index in [0.717, 1.165) is 59.6 Å². The molecule has 45 heavy (non-hydrogen) atoms. The second-order valence-electron chi connectivity index (χ2n) is 16.9. The van der Waals surface area contributed by atoms with Gasteiger partial charge >= 0.3 is 0 Å². The molecule has 1 nitrogen and oxygen atoms in total. The molecular formula is C43H56FN. The summed E-state index contributed by atoms with van der Waals surface area (Å²) in [6.45, 7) is 14.9. The third-order valence-corrected chi connectivity index (χ3v) is 14.0. The van der Waals surface area contributed by atoms with Crippen LogP contribution in [0.25, 0.3) is 22.4 Å². The molecule has 2 aromatic carbocycles. The van der Waals surface area contributed by atoms with E-state index in [1.54, 1.807) is 12.1 Å². The summed E-state index contributed by atoms with van der Waals surface area (Å²) in [4.78, 5) is 5.40. The monoisotopic (exact) mass is 605 g/mol. The van der Waals surface area contributed by atoms with Crippen LogP contribution in [0.3, 0.4) is 0 Å². The number of nitrogens with zero attached hydrogens (tertiary/aromatic N) is 1. The molecule has 8 atom stereocenters. The van der Waals surface area contributed by atoms with E-state index in [1.165, 1.54) is 85.7 Å². The number of pyridine rings is 1. The normalized spacial score (nSPS) is 32.8. The van der Waals surface area contributed by atoms with Gasteiger partial charge < -0.3 is 0 Å². The predicted molar refractivity (Wildman–Crippen MR) is 186 cm³/mol. The van der Waals surface area contributed by atoms with E-state index >= 15 is 0 Å². The van der Waals surface area contributed by atoms with Crippen molar-refractivity contribution in [3.05, 3.63) is 77.2 Å². The Kier molecular flexibility index (Phi) is 8.27. The highest BCUT2D eigenvalue weighted by Gasteiger charge is 2.60. The van der Waals surface area contributed by atoms with Crippen molar-refractivity contribution >= 4 is 0 Å². The summed E-state index contributed by atoms with van der Waals surface area (Å²) >= 11 is 0. The summed E-state index contributed by atoms with van der Waals surface area (Å²) in [6.07, 6.45) is 14.9. The molecule has 0 amide bonds. The van der Waals surface area contributed by atoms with Gasteiger partial charge in [-0.1, -0.05) is 95.8 Å². The smallest absolute Gasteiger partial charge is 0.123 e. The lowest BCUT2D eigenvalue weighted by atomic mass is 9.44. The predicted octanol–water partition coefficient (Wildman–Crippen LogP) is 11.9. The second kappa shape index (κ2) is 12.0. The number of hydrogen-bond donors (Lipinski definition) is 0.